The molecule has 3 fully saturated rings. The number of nitrogens with one attached hydrogen (secondary N) is 1. The number of halogens is 1. The van der Waals surface area contributed by atoms with Crippen molar-refractivity contribution >= 4 is 23.3 Å². The number of piperidine rings is 1. The molecule has 0 unspecified atom stereocenters. The van der Waals surface area contributed by atoms with E-state index in [0.29, 0.717) is 23.6 Å². The molecular weight excluding hydrogens is 376 g/mol. The van der Waals surface area contributed by atoms with Crippen molar-refractivity contribution in [1.29, 1.82) is 0 Å². The summed E-state index contributed by atoms with van der Waals surface area (Å²) < 4.78 is 5.51. The zero-order valence-electron chi connectivity index (χ0n) is 16.2. The number of hydrogen-bond acceptors (Lipinski definition) is 4. The van der Waals surface area contributed by atoms with E-state index in [1.807, 2.05) is 30.0 Å². The van der Waals surface area contributed by atoms with Gasteiger partial charge in [0.25, 0.3) is 5.89 Å². The van der Waals surface area contributed by atoms with Crippen LogP contribution in [-0.2, 0) is 5.54 Å². The minimum absolute atomic E-state index is 0.0964. The molecule has 3 aliphatic rings. The summed E-state index contributed by atoms with van der Waals surface area (Å²) in [6.07, 6.45) is 6.34. The molecule has 2 aromatic rings. The molecule has 1 aromatic carbocycles. The molecule has 28 heavy (non-hydrogen) atoms. The Morgan fingerprint density at radius 3 is 2.86 bits per heavy atom. The van der Waals surface area contributed by atoms with Crippen molar-refractivity contribution in [3.63, 3.8) is 0 Å². The van der Waals surface area contributed by atoms with Gasteiger partial charge in [-0.3, -0.25) is 0 Å². The number of amides is 2. The number of aryl methyl sites for hydroxylation is 1. The highest BCUT2D eigenvalue weighted by Gasteiger charge is 2.62. The third-order valence-electron chi connectivity index (χ3n) is 6.70. The van der Waals surface area contributed by atoms with Crippen LogP contribution < -0.4 is 5.32 Å². The second kappa shape index (κ2) is 6.48. The fourth-order valence-corrected chi connectivity index (χ4v) is 5.54. The molecule has 1 saturated heterocycles. The topological polar surface area (TPSA) is 71.3 Å². The van der Waals surface area contributed by atoms with Gasteiger partial charge in [-0.05, 0) is 68.2 Å². The van der Waals surface area contributed by atoms with Gasteiger partial charge in [0.15, 0.2) is 5.82 Å². The number of urea groups is 1. The van der Waals surface area contributed by atoms with E-state index in [-0.39, 0.29) is 12.1 Å². The van der Waals surface area contributed by atoms with Gasteiger partial charge in [0.1, 0.15) is 5.54 Å². The molecule has 1 aromatic heterocycles. The molecular formula is C21H25ClN4O2. The molecule has 148 valence electrons. The number of carbonyl (C=O) groups is 1. The predicted octanol–water partition coefficient (Wildman–Crippen LogP) is 5.23. The van der Waals surface area contributed by atoms with Gasteiger partial charge >= 0.3 is 6.03 Å². The van der Waals surface area contributed by atoms with Crippen LogP contribution >= 0.6 is 11.6 Å². The fourth-order valence-electron chi connectivity index (χ4n) is 5.27. The molecule has 2 saturated carbocycles. The first-order valence-electron chi connectivity index (χ1n) is 10.2. The zero-order valence-corrected chi connectivity index (χ0v) is 17.0. The van der Waals surface area contributed by atoms with Gasteiger partial charge in [0.05, 0.1) is 0 Å². The van der Waals surface area contributed by atoms with Gasteiger partial charge in [-0.2, -0.15) is 4.98 Å². The summed E-state index contributed by atoms with van der Waals surface area (Å²) in [5.74, 6) is 2.21. The smallest absolute Gasteiger partial charge is 0.323 e. The van der Waals surface area contributed by atoms with Crippen LogP contribution in [0.3, 0.4) is 0 Å². The SMILES string of the molecule is Cc1noc([C@]23C[C@@H](C)C[C@H](C2)N3C(=O)Nc2ccc(Cl)c(C3CCC3)c2)n1. The van der Waals surface area contributed by atoms with E-state index in [9.17, 15) is 4.79 Å². The number of carbonyl (C=O) groups excluding carboxylic acids is 1. The second-order valence-electron chi connectivity index (χ2n) is 8.75. The van der Waals surface area contributed by atoms with Gasteiger partial charge in [-0.1, -0.05) is 30.1 Å². The van der Waals surface area contributed by atoms with Gasteiger partial charge in [-0.25, -0.2) is 4.79 Å². The highest BCUT2D eigenvalue weighted by Crippen LogP contribution is 2.55. The molecule has 7 heteroatoms. The Morgan fingerprint density at radius 1 is 1.36 bits per heavy atom. The largest absolute Gasteiger partial charge is 0.337 e. The fraction of sp³-hybridized carbons (Fsp3) is 0.571. The summed E-state index contributed by atoms with van der Waals surface area (Å²) >= 11 is 6.39. The molecule has 5 rings (SSSR count). The summed E-state index contributed by atoms with van der Waals surface area (Å²) in [6, 6.07) is 5.92. The van der Waals surface area contributed by atoms with Crippen LogP contribution in [0, 0.1) is 12.8 Å². The van der Waals surface area contributed by atoms with E-state index in [0.717, 1.165) is 35.5 Å². The number of fused-ring (bicyclic) bond motifs is 2. The maximum Gasteiger partial charge on any atom is 0.323 e. The highest BCUT2D eigenvalue weighted by atomic mass is 35.5. The second-order valence-corrected chi connectivity index (χ2v) is 9.15. The Balaban J connectivity index is 1.40. The number of benzene rings is 1. The summed E-state index contributed by atoms with van der Waals surface area (Å²) in [5.41, 5.74) is 1.47. The van der Waals surface area contributed by atoms with E-state index >= 15 is 0 Å². The van der Waals surface area contributed by atoms with Gasteiger partial charge in [-0.15, -0.1) is 0 Å². The first-order valence-corrected chi connectivity index (χ1v) is 10.5. The van der Waals surface area contributed by atoms with Crippen LogP contribution in [0.5, 0.6) is 0 Å². The standard InChI is InChI=1S/C21H25ClN4O2/c1-12-8-16-11-21(10-12,19-23-13(2)25-28-19)26(16)20(27)24-15-6-7-18(22)17(9-15)14-4-3-5-14/h6-7,9,12,14,16H,3-5,8,10-11H2,1-2H3,(H,24,27)/t12-,16+,21-/m0/s1. The summed E-state index contributed by atoms with van der Waals surface area (Å²) in [5, 5.41) is 7.85. The summed E-state index contributed by atoms with van der Waals surface area (Å²) in [7, 11) is 0. The van der Waals surface area contributed by atoms with E-state index in [2.05, 4.69) is 22.4 Å². The maximum atomic E-state index is 13.2. The van der Waals surface area contributed by atoms with Crippen molar-refractivity contribution in [2.45, 2.75) is 69.9 Å². The van der Waals surface area contributed by atoms with Gasteiger partial charge in [0, 0.05) is 23.2 Å². The lowest BCUT2D eigenvalue weighted by atomic mass is 9.64. The van der Waals surface area contributed by atoms with Crippen LogP contribution in [0.1, 0.15) is 68.6 Å². The van der Waals surface area contributed by atoms with E-state index < -0.39 is 5.54 Å². The number of aromatic nitrogens is 2. The molecule has 2 bridgehead atoms. The van der Waals surface area contributed by atoms with Crippen LogP contribution in [-0.4, -0.2) is 27.1 Å². The van der Waals surface area contributed by atoms with Crippen LogP contribution in [0.15, 0.2) is 22.7 Å². The minimum atomic E-state index is -0.475. The van der Waals surface area contributed by atoms with Crippen molar-refractivity contribution in [3.8, 4) is 0 Å². The van der Waals surface area contributed by atoms with Gasteiger partial charge in [0.2, 0.25) is 0 Å². The molecule has 2 amide bonds. The Hall–Kier alpha value is -2.08. The molecule has 3 atom stereocenters. The third kappa shape index (κ3) is 2.72. The minimum Gasteiger partial charge on any atom is -0.337 e. The molecule has 1 aliphatic heterocycles. The van der Waals surface area contributed by atoms with Gasteiger partial charge < -0.3 is 14.7 Å². The maximum absolute atomic E-state index is 13.2. The summed E-state index contributed by atoms with van der Waals surface area (Å²) in [4.78, 5) is 19.6. The Morgan fingerprint density at radius 2 is 2.18 bits per heavy atom. The number of nitrogens with zero attached hydrogens (tertiary/aromatic N) is 3. The Labute approximate surface area is 169 Å². The molecule has 2 heterocycles. The van der Waals surface area contributed by atoms with Crippen LogP contribution in [0.4, 0.5) is 10.5 Å². The number of rotatable bonds is 3. The number of likely N-dealkylation sites (tertiary alicyclic amines) is 1. The first kappa shape index (κ1) is 18.0. The van der Waals surface area contributed by atoms with Crippen LogP contribution in [0.2, 0.25) is 5.02 Å². The van der Waals surface area contributed by atoms with Crippen molar-refractivity contribution in [2.75, 3.05) is 5.32 Å². The molecule has 0 spiro atoms. The van der Waals surface area contributed by atoms with Crippen molar-refractivity contribution in [2.24, 2.45) is 5.92 Å². The number of hydrogen-bond donors (Lipinski definition) is 1. The number of anilines is 1. The van der Waals surface area contributed by atoms with E-state index in [4.69, 9.17) is 16.1 Å². The third-order valence-corrected chi connectivity index (χ3v) is 7.04. The monoisotopic (exact) mass is 400 g/mol. The van der Waals surface area contributed by atoms with Crippen molar-refractivity contribution in [3.05, 3.63) is 40.5 Å². The molecule has 6 nitrogen and oxygen atoms in total. The van der Waals surface area contributed by atoms with Crippen molar-refractivity contribution < 1.29 is 9.32 Å². The normalized spacial score (nSPS) is 29.2. The van der Waals surface area contributed by atoms with E-state index in [1.165, 1.54) is 19.3 Å². The quantitative estimate of drug-likeness (QED) is 0.765. The summed E-state index contributed by atoms with van der Waals surface area (Å²) in [6.45, 7) is 4.04. The first-order chi connectivity index (χ1) is 13.5. The molecule has 0 radical (unpaired) electrons. The Kier molecular flexibility index (Phi) is 4.16. The molecule has 1 N–H and O–H groups in total. The van der Waals surface area contributed by atoms with E-state index in [1.54, 1.807) is 0 Å². The molecule has 2 aliphatic carbocycles. The Bertz CT molecular complexity index is 925. The zero-order chi connectivity index (χ0) is 19.5. The highest BCUT2D eigenvalue weighted by molar-refractivity contribution is 6.31. The lowest BCUT2D eigenvalue weighted by Crippen LogP contribution is -2.70. The lowest BCUT2D eigenvalue weighted by Gasteiger charge is -2.61. The predicted molar refractivity (Wildman–Crippen MR) is 106 cm³/mol. The van der Waals surface area contributed by atoms with Crippen LogP contribution in [0.25, 0.3) is 0 Å². The average Bonchev–Trinajstić information content (AvgIpc) is 3.02. The van der Waals surface area contributed by atoms with Crippen molar-refractivity contribution in [1.82, 2.24) is 15.0 Å². The average molecular weight is 401 g/mol. The lowest BCUT2D eigenvalue weighted by molar-refractivity contribution is -0.111.